The lowest BCUT2D eigenvalue weighted by Gasteiger charge is -2.14. The number of rotatable bonds is 9. The summed E-state index contributed by atoms with van der Waals surface area (Å²) in [5.41, 5.74) is 1.65. The molecule has 0 aliphatic heterocycles. The molecule has 0 fully saturated rings. The van der Waals surface area contributed by atoms with Crippen LogP contribution in [0.3, 0.4) is 0 Å². The van der Waals surface area contributed by atoms with Gasteiger partial charge in [-0.05, 0) is 42.3 Å². The summed E-state index contributed by atoms with van der Waals surface area (Å²) >= 11 is 1.20. The molecule has 1 heterocycles. The highest BCUT2D eigenvalue weighted by molar-refractivity contribution is 7.18. The lowest BCUT2D eigenvalue weighted by Crippen LogP contribution is -2.01. The minimum absolute atomic E-state index is 0.138. The van der Waals surface area contributed by atoms with E-state index in [1.54, 1.807) is 31.2 Å². The third-order valence-corrected chi connectivity index (χ3v) is 5.99. The number of ether oxygens (including phenoxy) is 5. The molecule has 0 spiro atoms. The minimum Gasteiger partial charge on any atom is -0.493 e. The summed E-state index contributed by atoms with van der Waals surface area (Å²) in [6, 6.07) is 9.80. The molecule has 0 unspecified atom stereocenters. The Balaban J connectivity index is 2.28. The quantitative estimate of drug-likeness (QED) is 0.237. The number of methoxy groups -OCH3 is 4. The number of esters is 1. The fourth-order valence-electron chi connectivity index (χ4n) is 3.34. The van der Waals surface area contributed by atoms with E-state index in [0.717, 1.165) is 0 Å². The van der Waals surface area contributed by atoms with E-state index in [9.17, 15) is 14.9 Å². The summed E-state index contributed by atoms with van der Waals surface area (Å²) in [5, 5.41) is 11.6. The van der Waals surface area contributed by atoms with Crippen LogP contribution in [0.2, 0.25) is 0 Å². The molecule has 174 valence electrons. The molecule has 10 heteroatoms. The van der Waals surface area contributed by atoms with Crippen molar-refractivity contribution in [3.63, 3.8) is 0 Å². The molecule has 33 heavy (non-hydrogen) atoms. The summed E-state index contributed by atoms with van der Waals surface area (Å²) in [5.74, 6) is 0.950. The van der Waals surface area contributed by atoms with Crippen molar-refractivity contribution in [3.8, 4) is 44.6 Å². The van der Waals surface area contributed by atoms with Gasteiger partial charge in [-0.15, -0.1) is 11.3 Å². The lowest BCUT2D eigenvalue weighted by atomic mass is 10.0. The van der Waals surface area contributed by atoms with Gasteiger partial charge in [0.2, 0.25) is 5.75 Å². The Morgan fingerprint density at radius 1 is 0.909 bits per heavy atom. The SMILES string of the molecule is CCOC(=O)c1cc(-c2ccc(OC)c([N+](=O)[O-])c2)c(-c2cc(OC)c(OC)c(OC)c2)s1. The molecule has 9 nitrogen and oxygen atoms in total. The number of carbonyl (C=O) groups excluding carboxylic acids is 1. The van der Waals surface area contributed by atoms with Gasteiger partial charge in [-0.1, -0.05) is 6.07 Å². The number of nitrogens with zero attached hydrogens (tertiary/aromatic N) is 1. The molecular formula is C23H23NO8S. The van der Waals surface area contributed by atoms with Crippen molar-refractivity contribution in [2.45, 2.75) is 6.92 Å². The monoisotopic (exact) mass is 473 g/mol. The van der Waals surface area contributed by atoms with Crippen LogP contribution in [0.15, 0.2) is 36.4 Å². The molecule has 0 bridgehead atoms. The number of carbonyl (C=O) groups is 1. The third kappa shape index (κ3) is 4.70. The van der Waals surface area contributed by atoms with Crippen LogP contribution in [-0.4, -0.2) is 45.9 Å². The number of nitro benzene ring substituents is 1. The molecule has 0 saturated carbocycles. The van der Waals surface area contributed by atoms with Crippen LogP contribution in [0.1, 0.15) is 16.6 Å². The normalized spacial score (nSPS) is 10.5. The Labute approximate surface area is 194 Å². The van der Waals surface area contributed by atoms with Gasteiger partial charge in [-0.3, -0.25) is 10.1 Å². The van der Waals surface area contributed by atoms with Crippen LogP contribution in [0.25, 0.3) is 21.6 Å². The Hall–Kier alpha value is -3.79. The highest BCUT2D eigenvalue weighted by atomic mass is 32.1. The van der Waals surface area contributed by atoms with Crippen LogP contribution >= 0.6 is 11.3 Å². The highest BCUT2D eigenvalue weighted by Gasteiger charge is 2.24. The molecule has 0 aliphatic rings. The zero-order chi connectivity index (χ0) is 24.1. The first-order chi connectivity index (χ1) is 15.9. The molecule has 3 aromatic rings. The van der Waals surface area contributed by atoms with Gasteiger partial charge in [0.25, 0.3) is 0 Å². The van der Waals surface area contributed by atoms with Crippen molar-refractivity contribution in [2.24, 2.45) is 0 Å². The molecule has 0 N–H and O–H groups in total. The maximum Gasteiger partial charge on any atom is 0.348 e. The van der Waals surface area contributed by atoms with Crippen LogP contribution in [-0.2, 0) is 4.74 Å². The van der Waals surface area contributed by atoms with Gasteiger partial charge >= 0.3 is 11.7 Å². The summed E-state index contributed by atoms with van der Waals surface area (Å²) in [6.45, 7) is 1.94. The van der Waals surface area contributed by atoms with Gasteiger partial charge in [0.15, 0.2) is 17.2 Å². The highest BCUT2D eigenvalue weighted by Crippen LogP contribution is 2.47. The number of nitro groups is 1. The standard InChI is InChI=1S/C23H23NO8S/c1-6-32-23(25)20-12-15(13-7-8-17(28-2)16(9-13)24(26)27)22(33-20)14-10-18(29-3)21(31-5)19(11-14)30-4/h7-12H,6H2,1-5H3. The zero-order valence-corrected chi connectivity index (χ0v) is 19.6. The fraction of sp³-hybridized carbons (Fsp3) is 0.261. The van der Waals surface area contributed by atoms with E-state index in [-0.39, 0.29) is 18.0 Å². The zero-order valence-electron chi connectivity index (χ0n) is 18.8. The molecule has 0 saturated heterocycles. The van der Waals surface area contributed by atoms with E-state index in [2.05, 4.69) is 0 Å². The summed E-state index contributed by atoms with van der Waals surface area (Å²) < 4.78 is 26.6. The third-order valence-electron chi connectivity index (χ3n) is 4.82. The first kappa shape index (κ1) is 23.9. The predicted molar refractivity (Wildman–Crippen MR) is 124 cm³/mol. The van der Waals surface area contributed by atoms with Crippen molar-refractivity contribution in [1.82, 2.24) is 0 Å². The second-order valence-corrected chi connectivity index (χ2v) is 7.68. The van der Waals surface area contributed by atoms with E-state index >= 15 is 0 Å². The van der Waals surface area contributed by atoms with E-state index in [0.29, 0.717) is 43.7 Å². The number of hydrogen-bond acceptors (Lipinski definition) is 9. The molecule has 0 amide bonds. The van der Waals surface area contributed by atoms with E-state index in [4.69, 9.17) is 23.7 Å². The van der Waals surface area contributed by atoms with Crippen LogP contribution in [0.5, 0.6) is 23.0 Å². The average Bonchev–Trinajstić information content (AvgIpc) is 3.28. The Bertz CT molecular complexity index is 1160. The Morgan fingerprint density at radius 3 is 2.06 bits per heavy atom. The lowest BCUT2D eigenvalue weighted by molar-refractivity contribution is -0.385. The molecule has 1 aromatic heterocycles. The van der Waals surface area contributed by atoms with E-state index in [1.807, 2.05) is 0 Å². The molecule has 3 rings (SSSR count). The number of benzene rings is 2. The van der Waals surface area contributed by atoms with Crippen molar-refractivity contribution >= 4 is 23.0 Å². The molecule has 0 aliphatic carbocycles. The van der Waals surface area contributed by atoms with Gasteiger partial charge in [0.1, 0.15) is 4.88 Å². The smallest absolute Gasteiger partial charge is 0.348 e. The van der Waals surface area contributed by atoms with Crippen molar-refractivity contribution in [2.75, 3.05) is 35.0 Å². The van der Waals surface area contributed by atoms with Crippen LogP contribution in [0, 0.1) is 10.1 Å². The number of hydrogen-bond donors (Lipinski definition) is 0. The van der Waals surface area contributed by atoms with Gasteiger partial charge in [-0.2, -0.15) is 0 Å². The first-order valence-corrected chi connectivity index (χ1v) is 10.6. The van der Waals surface area contributed by atoms with Crippen molar-refractivity contribution in [3.05, 3.63) is 51.4 Å². The molecule has 0 atom stereocenters. The van der Waals surface area contributed by atoms with Gasteiger partial charge < -0.3 is 23.7 Å². The van der Waals surface area contributed by atoms with Gasteiger partial charge in [-0.25, -0.2) is 4.79 Å². The summed E-state index contributed by atoms with van der Waals surface area (Å²) in [6.07, 6.45) is 0. The summed E-state index contributed by atoms with van der Waals surface area (Å²) in [7, 11) is 5.89. The second-order valence-electron chi connectivity index (χ2n) is 6.63. The van der Waals surface area contributed by atoms with Crippen LogP contribution in [0.4, 0.5) is 5.69 Å². The maximum atomic E-state index is 12.5. The molecule has 0 radical (unpaired) electrons. The van der Waals surface area contributed by atoms with Crippen molar-refractivity contribution < 1.29 is 33.4 Å². The largest absolute Gasteiger partial charge is 0.493 e. The van der Waals surface area contributed by atoms with Crippen LogP contribution < -0.4 is 18.9 Å². The maximum absolute atomic E-state index is 12.5. The second kappa shape index (κ2) is 10.2. The number of thiophene rings is 1. The van der Waals surface area contributed by atoms with E-state index < -0.39 is 10.9 Å². The average molecular weight is 474 g/mol. The first-order valence-electron chi connectivity index (χ1n) is 9.82. The topological polar surface area (TPSA) is 106 Å². The minimum atomic E-state index is -0.514. The predicted octanol–water partition coefficient (Wildman–Crippen LogP) is 5.20. The summed E-state index contributed by atoms with van der Waals surface area (Å²) in [4.78, 5) is 24.6. The van der Waals surface area contributed by atoms with Gasteiger partial charge in [0.05, 0.1) is 40.0 Å². The Morgan fingerprint density at radius 2 is 1.55 bits per heavy atom. The molecule has 2 aromatic carbocycles. The molecular weight excluding hydrogens is 450 g/mol. The van der Waals surface area contributed by atoms with Crippen molar-refractivity contribution in [1.29, 1.82) is 0 Å². The van der Waals surface area contributed by atoms with Gasteiger partial charge in [0, 0.05) is 16.5 Å². The Kier molecular flexibility index (Phi) is 7.39. The van der Waals surface area contributed by atoms with E-state index in [1.165, 1.54) is 51.9 Å². The fourth-order valence-corrected chi connectivity index (χ4v) is 4.40.